The first-order valence-electron chi connectivity index (χ1n) is 8.05. The molecule has 0 saturated heterocycles. The molecule has 0 aliphatic heterocycles. The first kappa shape index (κ1) is 18.4. The van der Waals surface area contributed by atoms with Crippen LogP contribution in [-0.4, -0.2) is 34.9 Å². The summed E-state index contributed by atoms with van der Waals surface area (Å²) in [6.45, 7) is 0. The molecular formula is C20H16N4O2S. The van der Waals surface area contributed by atoms with E-state index in [4.69, 9.17) is 4.74 Å². The van der Waals surface area contributed by atoms with Gasteiger partial charge in [0.1, 0.15) is 16.8 Å². The summed E-state index contributed by atoms with van der Waals surface area (Å²) in [6, 6.07) is 16.2. The molecule has 2 aromatic heterocycles. The third kappa shape index (κ3) is 4.63. The lowest BCUT2D eigenvalue weighted by Crippen LogP contribution is -2.21. The highest BCUT2D eigenvalue weighted by molar-refractivity contribution is 7.99. The Labute approximate surface area is 161 Å². The van der Waals surface area contributed by atoms with Gasteiger partial charge in [0.15, 0.2) is 11.4 Å². The summed E-state index contributed by atoms with van der Waals surface area (Å²) in [5.74, 6) is 0.781. The van der Waals surface area contributed by atoms with Crippen LogP contribution in [0.25, 0.3) is 0 Å². The maximum atomic E-state index is 12.0. The Balaban J connectivity index is 1.82. The first-order valence-corrected chi connectivity index (χ1v) is 8.87. The van der Waals surface area contributed by atoms with E-state index in [-0.39, 0.29) is 11.6 Å². The molecule has 134 valence electrons. The number of rotatable bonds is 5. The first-order chi connectivity index (χ1) is 13.1. The smallest absolute Gasteiger partial charge is 0.253 e. The molecule has 0 fully saturated rings. The van der Waals surface area contributed by atoms with Crippen LogP contribution in [0.5, 0.6) is 11.5 Å². The molecule has 0 aliphatic carbocycles. The van der Waals surface area contributed by atoms with Gasteiger partial charge in [0.25, 0.3) is 5.91 Å². The molecule has 1 amide bonds. The average molecular weight is 376 g/mol. The molecule has 0 saturated carbocycles. The van der Waals surface area contributed by atoms with Crippen LogP contribution in [0.15, 0.2) is 70.8 Å². The fourth-order valence-corrected chi connectivity index (χ4v) is 3.00. The number of carbonyl (C=O) groups is 1. The van der Waals surface area contributed by atoms with Gasteiger partial charge in [-0.25, -0.2) is 9.97 Å². The molecule has 0 N–H and O–H groups in total. The van der Waals surface area contributed by atoms with Gasteiger partial charge in [-0.05, 0) is 42.5 Å². The van der Waals surface area contributed by atoms with Crippen molar-refractivity contribution >= 4 is 17.7 Å². The van der Waals surface area contributed by atoms with E-state index in [9.17, 15) is 10.1 Å². The Bertz CT molecular complexity index is 983. The van der Waals surface area contributed by atoms with Gasteiger partial charge in [0, 0.05) is 36.9 Å². The highest BCUT2D eigenvalue weighted by Crippen LogP contribution is 2.31. The van der Waals surface area contributed by atoms with E-state index in [1.165, 1.54) is 16.7 Å². The molecular weight excluding hydrogens is 360 g/mol. The molecule has 0 radical (unpaired) electrons. The number of ether oxygens (including phenoxy) is 1. The topological polar surface area (TPSA) is 79.1 Å². The maximum absolute atomic E-state index is 12.0. The standard InChI is InChI=1S/C20H16N4O2S/c1-24(2)20(25)14-6-8-15(9-7-14)26-18-11-16(13-23-17(18)12-21)27-19-5-3-4-10-22-19/h3-11,13H,1-2H3. The molecule has 3 rings (SSSR count). The minimum atomic E-state index is -0.0883. The molecule has 2 heterocycles. The summed E-state index contributed by atoms with van der Waals surface area (Å²) in [6.07, 6.45) is 3.33. The fraction of sp³-hybridized carbons (Fsp3) is 0.100. The second-order valence-electron chi connectivity index (χ2n) is 5.73. The summed E-state index contributed by atoms with van der Waals surface area (Å²) in [5.41, 5.74) is 0.749. The zero-order valence-electron chi connectivity index (χ0n) is 14.8. The van der Waals surface area contributed by atoms with Crippen molar-refractivity contribution in [3.63, 3.8) is 0 Å². The van der Waals surface area contributed by atoms with Gasteiger partial charge >= 0.3 is 0 Å². The van der Waals surface area contributed by atoms with E-state index in [1.54, 1.807) is 56.8 Å². The van der Waals surface area contributed by atoms with E-state index in [1.807, 2.05) is 24.3 Å². The molecule has 0 spiro atoms. The van der Waals surface area contributed by atoms with Gasteiger partial charge in [0.2, 0.25) is 0 Å². The number of hydrogen-bond acceptors (Lipinski definition) is 6. The van der Waals surface area contributed by atoms with Crippen molar-refractivity contribution in [2.75, 3.05) is 14.1 Å². The number of nitriles is 1. The molecule has 27 heavy (non-hydrogen) atoms. The third-order valence-corrected chi connectivity index (χ3v) is 4.44. The van der Waals surface area contributed by atoms with Crippen molar-refractivity contribution in [3.05, 3.63) is 72.2 Å². The number of amides is 1. The zero-order chi connectivity index (χ0) is 19.2. The van der Waals surface area contributed by atoms with Crippen LogP contribution in [0.3, 0.4) is 0 Å². The third-order valence-electron chi connectivity index (χ3n) is 3.53. The van der Waals surface area contributed by atoms with E-state index in [0.29, 0.717) is 17.1 Å². The van der Waals surface area contributed by atoms with Crippen LogP contribution in [0.1, 0.15) is 16.1 Å². The average Bonchev–Trinajstić information content (AvgIpc) is 2.69. The molecule has 6 nitrogen and oxygen atoms in total. The largest absolute Gasteiger partial charge is 0.454 e. The monoisotopic (exact) mass is 376 g/mol. The number of nitrogens with zero attached hydrogens (tertiary/aromatic N) is 4. The summed E-state index contributed by atoms with van der Waals surface area (Å²) in [4.78, 5) is 22.7. The maximum Gasteiger partial charge on any atom is 0.253 e. The zero-order valence-corrected chi connectivity index (χ0v) is 15.6. The van der Waals surface area contributed by atoms with Crippen LogP contribution in [-0.2, 0) is 0 Å². The Hall–Kier alpha value is -3.37. The molecule has 0 atom stereocenters. The minimum absolute atomic E-state index is 0.0883. The fourth-order valence-electron chi connectivity index (χ4n) is 2.22. The van der Waals surface area contributed by atoms with Gasteiger partial charge in [0.05, 0.1) is 0 Å². The van der Waals surface area contributed by atoms with E-state index in [0.717, 1.165) is 9.92 Å². The molecule has 0 unspecified atom stereocenters. The van der Waals surface area contributed by atoms with Crippen molar-refractivity contribution in [2.45, 2.75) is 9.92 Å². The van der Waals surface area contributed by atoms with Gasteiger partial charge in [-0.1, -0.05) is 17.8 Å². The number of pyridine rings is 2. The Morgan fingerprint density at radius 2 is 1.93 bits per heavy atom. The lowest BCUT2D eigenvalue weighted by Gasteiger charge is -2.11. The Morgan fingerprint density at radius 1 is 1.15 bits per heavy atom. The van der Waals surface area contributed by atoms with Crippen molar-refractivity contribution in [1.82, 2.24) is 14.9 Å². The number of hydrogen-bond donors (Lipinski definition) is 0. The van der Waals surface area contributed by atoms with E-state index >= 15 is 0 Å². The van der Waals surface area contributed by atoms with Crippen LogP contribution >= 0.6 is 11.8 Å². The van der Waals surface area contributed by atoms with Gasteiger partial charge < -0.3 is 9.64 Å². The van der Waals surface area contributed by atoms with Gasteiger partial charge in [-0.15, -0.1) is 0 Å². The molecule has 0 aliphatic rings. The van der Waals surface area contributed by atoms with Gasteiger partial charge in [-0.2, -0.15) is 5.26 Å². The van der Waals surface area contributed by atoms with Crippen molar-refractivity contribution in [2.24, 2.45) is 0 Å². The Kier molecular flexibility index (Phi) is 5.69. The second kappa shape index (κ2) is 8.34. The predicted molar refractivity (Wildman–Crippen MR) is 102 cm³/mol. The van der Waals surface area contributed by atoms with Crippen molar-refractivity contribution in [1.29, 1.82) is 5.26 Å². The van der Waals surface area contributed by atoms with Crippen LogP contribution in [0.2, 0.25) is 0 Å². The summed E-state index contributed by atoms with van der Waals surface area (Å²) in [5, 5.41) is 10.1. The lowest BCUT2D eigenvalue weighted by atomic mass is 10.2. The van der Waals surface area contributed by atoms with Crippen molar-refractivity contribution < 1.29 is 9.53 Å². The highest BCUT2D eigenvalue weighted by Gasteiger charge is 2.11. The van der Waals surface area contributed by atoms with Gasteiger partial charge in [-0.3, -0.25) is 4.79 Å². The second-order valence-corrected chi connectivity index (χ2v) is 6.82. The quantitative estimate of drug-likeness (QED) is 0.670. The number of carbonyl (C=O) groups excluding carboxylic acids is 1. The molecule has 3 aromatic rings. The van der Waals surface area contributed by atoms with Crippen LogP contribution in [0.4, 0.5) is 0 Å². The lowest BCUT2D eigenvalue weighted by molar-refractivity contribution is 0.0827. The molecule has 0 bridgehead atoms. The number of aromatic nitrogens is 2. The summed E-state index contributed by atoms with van der Waals surface area (Å²) in [7, 11) is 3.39. The van der Waals surface area contributed by atoms with Crippen LogP contribution < -0.4 is 4.74 Å². The summed E-state index contributed by atoms with van der Waals surface area (Å²) < 4.78 is 5.83. The van der Waals surface area contributed by atoms with Crippen molar-refractivity contribution in [3.8, 4) is 17.6 Å². The molecule has 1 aromatic carbocycles. The highest BCUT2D eigenvalue weighted by atomic mass is 32.2. The Morgan fingerprint density at radius 3 is 2.56 bits per heavy atom. The molecule has 7 heteroatoms. The number of benzene rings is 1. The normalized spacial score (nSPS) is 10.1. The van der Waals surface area contributed by atoms with Crippen LogP contribution in [0, 0.1) is 11.3 Å². The van der Waals surface area contributed by atoms with E-state index in [2.05, 4.69) is 9.97 Å². The SMILES string of the molecule is CN(C)C(=O)c1ccc(Oc2cc(Sc3ccccn3)cnc2C#N)cc1. The summed E-state index contributed by atoms with van der Waals surface area (Å²) >= 11 is 1.43. The van der Waals surface area contributed by atoms with E-state index < -0.39 is 0 Å². The predicted octanol–water partition coefficient (Wildman–Crippen LogP) is 3.99. The minimum Gasteiger partial charge on any atom is -0.454 e.